The number of hydrogen-bond donors (Lipinski definition) is 1. The van der Waals surface area contributed by atoms with E-state index in [0.29, 0.717) is 13.2 Å². The molecule has 0 aromatic heterocycles. The van der Waals surface area contributed by atoms with Gasteiger partial charge in [-0.15, -0.1) is 17.9 Å². The Hall–Kier alpha value is -0.798. The van der Waals surface area contributed by atoms with Gasteiger partial charge < -0.3 is 14.6 Å². The first kappa shape index (κ1) is 18.5. The largest absolute Gasteiger partial charge is 1.00 e. The van der Waals surface area contributed by atoms with Crippen LogP contribution in [0.4, 0.5) is 0 Å². The Morgan fingerprint density at radius 1 is 0.957 bits per heavy atom. The Kier molecular flexibility index (Phi) is 8.18. The van der Waals surface area contributed by atoms with Crippen molar-refractivity contribution in [2.75, 3.05) is 26.3 Å². The van der Waals surface area contributed by atoms with Gasteiger partial charge in [-0.05, 0) is 22.5 Å². The Labute approximate surface area is 154 Å². The third-order valence-corrected chi connectivity index (χ3v) is 4.27. The first-order valence-electron chi connectivity index (χ1n) is 7.51. The van der Waals surface area contributed by atoms with E-state index >= 15 is 0 Å². The van der Waals surface area contributed by atoms with Gasteiger partial charge in [0.25, 0.3) is 0 Å². The number of hydrogen-bond acceptors (Lipinski definition) is 4. The van der Waals surface area contributed by atoms with Gasteiger partial charge in [0, 0.05) is 26.3 Å². The van der Waals surface area contributed by atoms with Crippen LogP contribution in [0.1, 0.15) is 5.56 Å². The fraction of sp³-hybridized carbons (Fsp3) is 0.235. The second-order valence-corrected chi connectivity index (χ2v) is 5.99. The van der Waals surface area contributed by atoms with Gasteiger partial charge in [0.05, 0.1) is 0 Å². The van der Waals surface area contributed by atoms with Crippen LogP contribution >= 0.6 is 11.8 Å². The quantitative estimate of drug-likeness (QED) is 0.460. The minimum Gasteiger partial charge on any atom is -0.406 e. The van der Waals surface area contributed by atoms with Crippen molar-refractivity contribution in [2.45, 2.75) is 4.90 Å². The van der Waals surface area contributed by atoms with Crippen molar-refractivity contribution in [2.24, 2.45) is 0 Å². The van der Waals surface area contributed by atoms with Crippen molar-refractivity contribution in [1.82, 2.24) is 5.32 Å². The molecule has 0 radical (unpaired) electrons. The predicted octanol–water partition coefficient (Wildman–Crippen LogP) is -0.676. The second kappa shape index (κ2) is 10.1. The molecule has 0 bridgehead atoms. The summed E-state index contributed by atoms with van der Waals surface area (Å²) in [5.74, 6) is 2.16. The fourth-order valence-electron chi connectivity index (χ4n) is 2.24. The zero-order valence-corrected chi connectivity index (χ0v) is 14.2. The molecule has 1 heterocycles. The van der Waals surface area contributed by atoms with Crippen LogP contribution in [0.25, 0.3) is 0 Å². The van der Waals surface area contributed by atoms with Gasteiger partial charge in [-0.3, -0.25) is 0 Å². The van der Waals surface area contributed by atoms with Gasteiger partial charge in [-0.1, -0.05) is 18.2 Å². The van der Waals surface area contributed by atoms with Gasteiger partial charge in [-0.25, -0.2) is 0 Å². The van der Waals surface area contributed by atoms with Crippen LogP contribution in [0.15, 0.2) is 59.5 Å². The van der Waals surface area contributed by atoms with E-state index in [1.54, 1.807) is 11.8 Å². The molecular weight excluding hydrogens is 300 g/mol. The van der Waals surface area contributed by atoms with E-state index in [9.17, 15) is 0 Å². The van der Waals surface area contributed by atoms with Crippen molar-refractivity contribution < 1.29 is 28.2 Å². The van der Waals surface area contributed by atoms with Crippen LogP contribution < -0.4 is 29.6 Å². The molecular formula is C17H19BLiNO2S. The van der Waals surface area contributed by atoms with Crippen LogP contribution in [-0.4, -0.2) is 33.4 Å². The van der Waals surface area contributed by atoms with Crippen LogP contribution in [-0.2, 0) is 9.31 Å². The van der Waals surface area contributed by atoms with Gasteiger partial charge in [0.2, 0.25) is 0 Å². The number of nitrogens with one attached hydrogen (secondary N) is 1. The Morgan fingerprint density at radius 3 is 2.43 bits per heavy atom. The van der Waals surface area contributed by atoms with Gasteiger partial charge in [0.15, 0.2) is 0 Å². The molecule has 0 unspecified atom stereocenters. The van der Waals surface area contributed by atoms with E-state index in [2.05, 4.69) is 47.5 Å². The summed E-state index contributed by atoms with van der Waals surface area (Å²) in [6.45, 7) is 3.07. The van der Waals surface area contributed by atoms with Crippen LogP contribution in [0, 0.1) is 5.75 Å². The molecule has 2 aromatic carbocycles. The number of rotatable bonds is 4. The average Bonchev–Trinajstić information content (AvgIpc) is 2.54. The first-order valence-corrected chi connectivity index (χ1v) is 8.38. The molecule has 0 amide bonds. The molecule has 3 nitrogen and oxygen atoms in total. The molecule has 1 aliphatic rings. The molecule has 114 valence electrons. The van der Waals surface area contributed by atoms with E-state index < -0.39 is 0 Å². The van der Waals surface area contributed by atoms with Crippen molar-refractivity contribution in [3.63, 3.8) is 0 Å². The fourth-order valence-corrected chi connectivity index (χ4v) is 3.03. The molecule has 1 fully saturated rings. The van der Waals surface area contributed by atoms with Crippen molar-refractivity contribution in [3.05, 3.63) is 65.9 Å². The first-order chi connectivity index (χ1) is 10.9. The van der Waals surface area contributed by atoms with Gasteiger partial charge in [0.1, 0.15) is 0 Å². The molecule has 6 heteroatoms. The van der Waals surface area contributed by atoms with E-state index in [-0.39, 0.29) is 26.0 Å². The summed E-state index contributed by atoms with van der Waals surface area (Å²) in [4.78, 5) is 1.19. The van der Waals surface area contributed by atoms with Crippen molar-refractivity contribution >= 4 is 24.3 Å². The Morgan fingerprint density at radius 2 is 1.70 bits per heavy atom. The summed E-state index contributed by atoms with van der Waals surface area (Å²) in [6, 6.07) is 18.7. The third-order valence-electron chi connectivity index (χ3n) is 3.36. The maximum atomic E-state index is 5.78. The van der Waals surface area contributed by atoms with Crippen molar-refractivity contribution in [1.29, 1.82) is 0 Å². The molecule has 0 atom stereocenters. The standard InChI is InChI=1S/C17H19BNO2S.Li/c1-2-5-15(6-3-1)14-22-17-8-4-7-16(13-17)18-20-11-9-19-10-12-21-18;/h1-8,13-14,19H,9-12H2;/q-1;+1. The minimum atomic E-state index is -0.264. The topological polar surface area (TPSA) is 30.5 Å². The summed E-state index contributed by atoms with van der Waals surface area (Å²) >= 11 is 1.71. The molecule has 1 saturated heterocycles. The Balaban J connectivity index is 0.00000192. The smallest absolute Gasteiger partial charge is 0.406 e. The van der Waals surface area contributed by atoms with E-state index in [1.807, 2.05) is 18.2 Å². The summed E-state index contributed by atoms with van der Waals surface area (Å²) in [7, 11) is -0.264. The maximum absolute atomic E-state index is 5.78. The maximum Gasteiger partial charge on any atom is 1.00 e. The van der Waals surface area contributed by atoms with Crippen LogP contribution in [0.3, 0.4) is 0 Å². The molecule has 2 aromatic rings. The third kappa shape index (κ3) is 5.97. The molecule has 3 rings (SSSR count). The second-order valence-electron chi connectivity index (χ2n) is 5.04. The Bertz CT molecular complexity index is 580. The van der Waals surface area contributed by atoms with E-state index in [0.717, 1.165) is 18.6 Å². The van der Waals surface area contributed by atoms with Crippen molar-refractivity contribution in [3.8, 4) is 0 Å². The average molecular weight is 319 g/mol. The summed E-state index contributed by atoms with van der Waals surface area (Å²) in [5.41, 5.74) is 2.29. The monoisotopic (exact) mass is 319 g/mol. The minimum absolute atomic E-state index is 0. The summed E-state index contributed by atoms with van der Waals surface area (Å²) in [5, 5.41) is 3.25. The normalized spacial score (nSPS) is 15.2. The molecule has 23 heavy (non-hydrogen) atoms. The molecule has 0 saturated carbocycles. The predicted molar refractivity (Wildman–Crippen MR) is 92.3 cm³/mol. The van der Waals surface area contributed by atoms with Gasteiger partial charge >= 0.3 is 26.0 Å². The zero-order chi connectivity index (χ0) is 15.0. The van der Waals surface area contributed by atoms with Gasteiger partial charge in [-0.2, -0.15) is 29.5 Å². The summed E-state index contributed by atoms with van der Waals surface area (Å²) in [6.07, 6.45) is 0. The van der Waals surface area contributed by atoms with Crippen LogP contribution in [0.2, 0.25) is 0 Å². The molecule has 0 spiro atoms. The van der Waals surface area contributed by atoms with Crippen LogP contribution in [0.5, 0.6) is 0 Å². The SMILES string of the molecule is [Li+].c1ccc([CH-]Sc2cccc(B3OCCNCCO3)c2)cc1. The molecule has 1 N–H and O–H groups in total. The number of benzene rings is 2. The zero-order valence-electron chi connectivity index (χ0n) is 13.4. The molecule has 1 aliphatic heterocycles. The summed E-state index contributed by atoms with van der Waals surface area (Å²) < 4.78 is 11.6. The number of thioether (sulfide) groups is 1. The van der Waals surface area contributed by atoms with E-state index in [1.165, 1.54) is 10.5 Å². The molecule has 0 aliphatic carbocycles. The van der Waals surface area contributed by atoms with E-state index in [4.69, 9.17) is 9.31 Å².